The van der Waals surface area contributed by atoms with Gasteiger partial charge >= 0.3 is 0 Å². The van der Waals surface area contributed by atoms with Crippen molar-refractivity contribution in [3.63, 3.8) is 0 Å². The number of piperidine rings is 1. The smallest absolute Gasteiger partial charge is 0.136 e. The molecular formula is C22H32N6O. The monoisotopic (exact) mass is 396 g/mol. The summed E-state index contributed by atoms with van der Waals surface area (Å²) in [6.07, 6.45) is 8.06. The molecule has 2 fully saturated rings. The van der Waals surface area contributed by atoms with Gasteiger partial charge in [0.15, 0.2) is 0 Å². The standard InChI is InChI=1S/C22H32N6O/c1-21(2,3)20-25-18-16(19(26-20)28-11-15(29)12-28)5-7-22(18)6-4-10-27(14-22)13-17-23-8-9-24-17/h8-9,15,29H,4-7,10-14H2,1-3H3,(H,23,24). The van der Waals surface area contributed by atoms with Gasteiger partial charge in [-0.25, -0.2) is 15.0 Å². The second-order valence-corrected chi connectivity index (χ2v) is 10.1. The highest BCUT2D eigenvalue weighted by Crippen LogP contribution is 2.47. The number of rotatable bonds is 3. The van der Waals surface area contributed by atoms with E-state index in [0.29, 0.717) is 13.1 Å². The van der Waals surface area contributed by atoms with E-state index < -0.39 is 0 Å². The Morgan fingerprint density at radius 2 is 2.07 bits per heavy atom. The number of H-pyrrole nitrogens is 1. The Kier molecular flexibility index (Phi) is 4.44. The number of aliphatic hydroxyl groups excluding tert-OH is 1. The maximum atomic E-state index is 9.86. The molecule has 2 aromatic heterocycles. The quantitative estimate of drug-likeness (QED) is 0.828. The van der Waals surface area contributed by atoms with Crippen molar-refractivity contribution < 1.29 is 5.11 Å². The van der Waals surface area contributed by atoms with Crippen LogP contribution in [-0.2, 0) is 23.8 Å². The fourth-order valence-electron chi connectivity index (χ4n) is 5.20. The van der Waals surface area contributed by atoms with Crippen LogP contribution < -0.4 is 4.90 Å². The predicted molar refractivity (Wildman–Crippen MR) is 112 cm³/mol. The van der Waals surface area contributed by atoms with Crippen LogP contribution in [0, 0.1) is 0 Å². The Bertz CT molecular complexity index is 883. The van der Waals surface area contributed by atoms with Gasteiger partial charge in [-0.3, -0.25) is 4.90 Å². The summed E-state index contributed by atoms with van der Waals surface area (Å²) in [4.78, 5) is 22.7. The number of aliphatic hydroxyl groups is 1. The van der Waals surface area contributed by atoms with Crippen molar-refractivity contribution in [3.05, 3.63) is 35.3 Å². The first-order valence-electron chi connectivity index (χ1n) is 10.9. The van der Waals surface area contributed by atoms with E-state index >= 15 is 0 Å². The summed E-state index contributed by atoms with van der Waals surface area (Å²) in [6, 6.07) is 0. The minimum Gasteiger partial charge on any atom is -0.389 e. The molecule has 2 aromatic rings. The average molecular weight is 397 g/mol. The number of nitrogens with zero attached hydrogens (tertiary/aromatic N) is 5. The minimum absolute atomic E-state index is 0.0977. The zero-order valence-electron chi connectivity index (χ0n) is 17.8. The molecule has 0 radical (unpaired) electrons. The maximum absolute atomic E-state index is 9.86. The van der Waals surface area contributed by atoms with Crippen molar-refractivity contribution in [2.75, 3.05) is 31.1 Å². The molecule has 1 spiro atoms. The summed E-state index contributed by atoms with van der Waals surface area (Å²) in [5, 5.41) is 9.86. The molecule has 2 aliphatic heterocycles. The third kappa shape index (κ3) is 3.34. The second-order valence-electron chi connectivity index (χ2n) is 10.1. The lowest BCUT2D eigenvalue weighted by Crippen LogP contribution is -2.52. The SMILES string of the molecule is CC(C)(C)c1nc(N2CC(O)C2)c2c(n1)C1(CCCN(Cc3ncc[nH]3)C1)CC2. The fraction of sp³-hybridized carbons (Fsp3) is 0.682. The second kappa shape index (κ2) is 6.77. The molecule has 2 N–H and O–H groups in total. The van der Waals surface area contributed by atoms with E-state index in [-0.39, 0.29) is 16.9 Å². The van der Waals surface area contributed by atoms with Gasteiger partial charge in [0.05, 0.1) is 18.3 Å². The number of hydrogen-bond acceptors (Lipinski definition) is 6. The molecule has 0 saturated carbocycles. The lowest BCUT2D eigenvalue weighted by atomic mass is 9.77. The maximum Gasteiger partial charge on any atom is 0.136 e. The van der Waals surface area contributed by atoms with Gasteiger partial charge < -0.3 is 15.0 Å². The van der Waals surface area contributed by atoms with Crippen LogP contribution in [0.25, 0.3) is 0 Å². The number of likely N-dealkylation sites (tertiary alicyclic amines) is 1. The lowest BCUT2D eigenvalue weighted by Gasteiger charge is -2.41. The van der Waals surface area contributed by atoms with E-state index in [1.807, 2.05) is 12.4 Å². The molecule has 1 unspecified atom stereocenters. The van der Waals surface area contributed by atoms with Crippen molar-refractivity contribution in [2.24, 2.45) is 0 Å². The fourth-order valence-corrected chi connectivity index (χ4v) is 5.20. The molecule has 29 heavy (non-hydrogen) atoms. The average Bonchev–Trinajstić information content (AvgIpc) is 3.27. The van der Waals surface area contributed by atoms with Gasteiger partial charge in [0.2, 0.25) is 0 Å². The Morgan fingerprint density at radius 1 is 1.24 bits per heavy atom. The number of hydrogen-bond donors (Lipinski definition) is 2. The van der Waals surface area contributed by atoms with Crippen LogP contribution in [-0.4, -0.2) is 62.2 Å². The zero-order chi connectivity index (χ0) is 20.2. The largest absolute Gasteiger partial charge is 0.389 e. The summed E-state index contributed by atoms with van der Waals surface area (Å²) in [5.74, 6) is 3.04. The Labute approximate surface area is 172 Å². The molecule has 0 aromatic carbocycles. The number of anilines is 1. The summed E-state index contributed by atoms with van der Waals surface area (Å²) < 4.78 is 0. The third-order valence-electron chi connectivity index (χ3n) is 6.76. The van der Waals surface area contributed by atoms with Crippen LogP contribution in [0.4, 0.5) is 5.82 Å². The normalized spacial score (nSPS) is 25.4. The Hall–Kier alpha value is -1.99. The van der Waals surface area contributed by atoms with E-state index in [1.54, 1.807) is 0 Å². The first-order valence-corrected chi connectivity index (χ1v) is 10.9. The predicted octanol–water partition coefficient (Wildman–Crippen LogP) is 2.16. The molecule has 1 atom stereocenters. The Balaban J connectivity index is 1.51. The molecule has 2 saturated heterocycles. The van der Waals surface area contributed by atoms with Crippen molar-refractivity contribution in [1.29, 1.82) is 0 Å². The molecule has 156 valence electrons. The van der Waals surface area contributed by atoms with E-state index in [0.717, 1.165) is 49.9 Å². The van der Waals surface area contributed by atoms with Gasteiger partial charge in [-0.2, -0.15) is 0 Å². The van der Waals surface area contributed by atoms with Crippen LogP contribution in [0.3, 0.4) is 0 Å². The number of aromatic amines is 1. The van der Waals surface area contributed by atoms with Crippen molar-refractivity contribution in [1.82, 2.24) is 24.8 Å². The topological polar surface area (TPSA) is 81.2 Å². The first kappa shape index (κ1) is 19.0. The zero-order valence-corrected chi connectivity index (χ0v) is 17.8. The van der Waals surface area contributed by atoms with Gasteiger partial charge in [-0.05, 0) is 32.2 Å². The summed E-state index contributed by atoms with van der Waals surface area (Å²) >= 11 is 0. The highest BCUT2D eigenvalue weighted by molar-refractivity contribution is 5.56. The minimum atomic E-state index is -0.229. The number of β-amino-alcohol motifs (C(OH)–C–C–N with tert-alkyl or cyclic N) is 1. The van der Waals surface area contributed by atoms with Gasteiger partial charge in [-0.15, -0.1) is 0 Å². The first-order chi connectivity index (χ1) is 13.8. The van der Waals surface area contributed by atoms with E-state index in [9.17, 15) is 5.11 Å². The van der Waals surface area contributed by atoms with Crippen molar-refractivity contribution in [2.45, 2.75) is 69.9 Å². The van der Waals surface area contributed by atoms with Crippen molar-refractivity contribution >= 4 is 5.82 Å². The molecule has 0 amide bonds. The number of imidazole rings is 1. The molecule has 4 heterocycles. The number of nitrogens with one attached hydrogen (secondary N) is 1. The Morgan fingerprint density at radius 3 is 2.76 bits per heavy atom. The van der Waals surface area contributed by atoms with E-state index in [2.05, 4.69) is 40.5 Å². The number of fused-ring (bicyclic) bond motifs is 2. The van der Waals surface area contributed by atoms with Gasteiger partial charge in [0, 0.05) is 48.4 Å². The third-order valence-corrected chi connectivity index (χ3v) is 6.76. The lowest BCUT2D eigenvalue weighted by molar-refractivity contribution is 0.134. The van der Waals surface area contributed by atoms with E-state index in [4.69, 9.17) is 9.97 Å². The highest BCUT2D eigenvalue weighted by Gasteiger charge is 2.46. The summed E-state index contributed by atoms with van der Waals surface area (Å²) in [6.45, 7) is 10.9. The molecule has 0 bridgehead atoms. The van der Waals surface area contributed by atoms with Crippen LogP contribution in [0.15, 0.2) is 12.4 Å². The van der Waals surface area contributed by atoms with E-state index in [1.165, 1.54) is 24.1 Å². The van der Waals surface area contributed by atoms with Gasteiger partial charge in [-0.1, -0.05) is 20.8 Å². The molecule has 1 aliphatic carbocycles. The highest BCUT2D eigenvalue weighted by atomic mass is 16.3. The van der Waals surface area contributed by atoms with Gasteiger partial charge in [0.1, 0.15) is 17.5 Å². The molecular weight excluding hydrogens is 364 g/mol. The van der Waals surface area contributed by atoms with Crippen LogP contribution >= 0.6 is 0 Å². The van der Waals surface area contributed by atoms with Crippen LogP contribution in [0.5, 0.6) is 0 Å². The van der Waals surface area contributed by atoms with Crippen LogP contribution in [0.2, 0.25) is 0 Å². The molecule has 5 rings (SSSR count). The molecule has 7 heteroatoms. The van der Waals surface area contributed by atoms with Crippen LogP contribution in [0.1, 0.15) is 62.9 Å². The summed E-state index contributed by atoms with van der Waals surface area (Å²) in [5.41, 5.74) is 2.61. The van der Waals surface area contributed by atoms with Gasteiger partial charge in [0.25, 0.3) is 0 Å². The summed E-state index contributed by atoms with van der Waals surface area (Å²) in [7, 11) is 0. The molecule has 3 aliphatic rings. The molecule has 7 nitrogen and oxygen atoms in total. The number of aromatic nitrogens is 4. The van der Waals surface area contributed by atoms with Crippen molar-refractivity contribution in [3.8, 4) is 0 Å².